The number of nitrogens with one attached hydrogen (secondary N) is 1. The highest BCUT2D eigenvalue weighted by Crippen LogP contribution is 2.17. The lowest BCUT2D eigenvalue weighted by Gasteiger charge is -2.00. The summed E-state index contributed by atoms with van der Waals surface area (Å²) >= 11 is 0. The quantitative estimate of drug-likeness (QED) is 0.657. The van der Waals surface area contributed by atoms with Crippen molar-refractivity contribution >= 4 is 36.3 Å². The van der Waals surface area contributed by atoms with Gasteiger partial charge in [0.2, 0.25) is 0 Å². The molecule has 1 aromatic heterocycles. The van der Waals surface area contributed by atoms with Crippen molar-refractivity contribution in [1.29, 1.82) is 0 Å². The number of pyridine rings is 1. The first-order valence-electron chi connectivity index (χ1n) is 6.27. The molecule has 1 aromatic carbocycles. The molecule has 104 valence electrons. The van der Waals surface area contributed by atoms with Crippen LogP contribution in [0.15, 0.2) is 44.0 Å². The third-order valence-corrected chi connectivity index (χ3v) is 3.55. The van der Waals surface area contributed by atoms with Crippen molar-refractivity contribution in [3.8, 4) is 0 Å². The summed E-state index contributed by atoms with van der Waals surface area (Å²) in [7, 11) is 0. The van der Waals surface area contributed by atoms with Crippen LogP contribution >= 0.6 is 12.4 Å². The highest BCUT2D eigenvalue weighted by Gasteiger charge is 2.13. The Balaban J connectivity index is 0.00000132. The zero-order valence-electron chi connectivity index (χ0n) is 11.1. The summed E-state index contributed by atoms with van der Waals surface area (Å²) in [5.74, 6) is 0. The topological polar surface area (TPSA) is 69.9 Å². The molecule has 0 unspecified atom stereocenters. The molecule has 21 heavy (non-hydrogen) atoms. The fraction of sp³-hybridized carbons (Fsp3) is 0.0667. The van der Waals surface area contributed by atoms with Gasteiger partial charge in [0, 0.05) is 10.8 Å². The Hall–Kier alpha value is -2.53. The molecule has 4 rings (SSSR count). The van der Waals surface area contributed by atoms with Crippen LogP contribution in [0.1, 0.15) is 5.56 Å². The molecule has 1 N–H and O–H groups in total. The fourth-order valence-corrected chi connectivity index (χ4v) is 2.59. The van der Waals surface area contributed by atoms with Crippen LogP contribution in [0.4, 0.5) is 5.69 Å². The number of hydrogen-bond acceptors (Lipinski definition) is 4. The Labute approximate surface area is 125 Å². The van der Waals surface area contributed by atoms with Gasteiger partial charge in [0.15, 0.2) is 0 Å². The molecular weight excluding hydrogens is 288 g/mol. The van der Waals surface area contributed by atoms with Crippen LogP contribution in [-0.4, -0.2) is 17.5 Å². The van der Waals surface area contributed by atoms with Crippen LogP contribution in [0.5, 0.6) is 0 Å². The molecule has 3 heterocycles. The molecule has 0 spiro atoms. The van der Waals surface area contributed by atoms with Crippen molar-refractivity contribution in [3.05, 3.63) is 61.3 Å². The van der Waals surface area contributed by atoms with Gasteiger partial charge < -0.3 is 4.98 Å². The molecule has 6 heteroatoms. The first-order valence-corrected chi connectivity index (χ1v) is 6.27. The maximum atomic E-state index is 12.4. The average molecular weight is 299 g/mol. The predicted octanol–water partition coefficient (Wildman–Crippen LogP) is 0.878. The Bertz CT molecular complexity index is 1070. The number of rotatable bonds is 0. The molecule has 0 fully saturated rings. The number of nitrogens with zero attached hydrogens (tertiary/aromatic N) is 3. The molecule has 0 saturated heterocycles. The van der Waals surface area contributed by atoms with Gasteiger partial charge in [-0.15, -0.1) is 12.4 Å². The molecule has 2 aliphatic rings. The van der Waals surface area contributed by atoms with E-state index in [2.05, 4.69) is 20.0 Å². The third-order valence-electron chi connectivity index (χ3n) is 3.55. The van der Waals surface area contributed by atoms with Crippen LogP contribution in [-0.2, 0) is 0 Å². The zero-order valence-corrected chi connectivity index (χ0v) is 11.9. The molecule has 0 aliphatic carbocycles. The molecule has 5 nitrogen and oxygen atoms in total. The van der Waals surface area contributed by atoms with E-state index in [1.165, 1.54) is 6.34 Å². The number of H-pyrrole nitrogens is 1. The van der Waals surface area contributed by atoms with Crippen molar-refractivity contribution < 1.29 is 0 Å². The minimum Gasteiger partial charge on any atom is -0.320 e. The van der Waals surface area contributed by atoms with Gasteiger partial charge in [-0.05, 0) is 13.0 Å². The fourth-order valence-electron chi connectivity index (χ4n) is 2.59. The molecule has 0 radical (unpaired) electrons. The monoisotopic (exact) mass is 298 g/mol. The number of fused-ring (bicyclic) bond motifs is 2. The minimum absolute atomic E-state index is 0. The van der Waals surface area contributed by atoms with E-state index < -0.39 is 0 Å². The summed E-state index contributed by atoms with van der Waals surface area (Å²) in [4.78, 5) is 27.9. The second-order valence-electron chi connectivity index (χ2n) is 4.71. The number of hydrogen-bond donors (Lipinski definition) is 1. The van der Waals surface area contributed by atoms with Crippen LogP contribution < -0.4 is 16.3 Å². The lowest BCUT2D eigenvalue weighted by molar-refractivity contribution is 1.10. The number of para-hydroxylation sites is 1. The summed E-state index contributed by atoms with van der Waals surface area (Å²) in [5, 5.41) is 3.04. The lowest BCUT2D eigenvalue weighted by Crippen LogP contribution is -2.25. The van der Waals surface area contributed by atoms with E-state index in [0.717, 1.165) is 21.8 Å². The minimum atomic E-state index is -0.141. The van der Waals surface area contributed by atoms with Gasteiger partial charge in [0.1, 0.15) is 12.0 Å². The van der Waals surface area contributed by atoms with Crippen molar-refractivity contribution in [1.82, 2.24) is 4.98 Å². The van der Waals surface area contributed by atoms with Gasteiger partial charge in [-0.3, -0.25) is 4.79 Å². The van der Waals surface area contributed by atoms with E-state index in [1.54, 1.807) is 6.21 Å². The molecule has 0 atom stereocenters. The summed E-state index contributed by atoms with van der Waals surface area (Å²) in [6.07, 6.45) is 3.10. The maximum absolute atomic E-state index is 12.4. The van der Waals surface area contributed by atoms with Gasteiger partial charge in [0.25, 0.3) is 5.56 Å². The Morgan fingerprint density at radius 1 is 1.19 bits per heavy atom. The van der Waals surface area contributed by atoms with Gasteiger partial charge in [-0.1, -0.05) is 18.2 Å². The van der Waals surface area contributed by atoms with E-state index in [-0.39, 0.29) is 18.0 Å². The standard InChI is InChI=1S/C15H10N4O.ClH/c1-8-13(11-6-16-7-17-11)19-15(20)12-9-4-2-3-5-10(9)18-14(8)12;/h2-7H,1H3,(H,19,20);1H. The van der Waals surface area contributed by atoms with Crippen molar-refractivity contribution in [2.75, 3.05) is 0 Å². The highest BCUT2D eigenvalue weighted by atomic mass is 35.5. The number of aromatic amines is 1. The smallest absolute Gasteiger partial charge is 0.258 e. The number of aliphatic imine (C=N–C) groups is 2. The Kier molecular flexibility index (Phi) is 3.07. The van der Waals surface area contributed by atoms with Crippen molar-refractivity contribution in [3.63, 3.8) is 0 Å². The highest BCUT2D eigenvalue weighted by molar-refractivity contribution is 6.09. The second kappa shape index (κ2) is 4.79. The first-order chi connectivity index (χ1) is 9.75. The SMILES string of the molecule is Cc1c2c(c(=O)[nH]c1=C1C=NC=N1)=c1ccccc1=N2.Cl. The Morgan fingerprint density at radius 3 is 2.76 bits per heavy atom. The van der Waals surface area contributed by atoms with Crippen molar-refractivity contribution in [2.24, 2.45) is 15.0 Å². The molecule has 2 aliphatic heterocycles. The van der Waals surface area contributed by atoms with Crippen LogP contribution in [0.25, 0.3) is 5.70 Å². The van der Waals surface area contributed by atoms with E-state index >= 15 is 0 Å². The Morgan fingerprint density at radius 2 is 2.00 bits per heavy atom. The normalized spacial score (nSPS) is 16.2. The number of halogens is 1. The second-order valence-corrected chi connectivity index (χ2v) is 4.71. The predicted molar refractivity (Wildman–Crippen MR) is 84.0 cm³/mol. The summed E-state index contributed by atoms with van der Waals surface area (Å²) in [6, 6.07) is 7.66. The van der Waals surface area contributed by atoms with E-state index in [0.29, 0.717) is 16.3 Å². The number of benzene rings is 1. The van der Waals surface area contributed by atoms with E-state index in [4.69, 9.17) is 0 Å². The van der Waals surface area contributed by atoms with Gasteiger partial charge in [-0.25, -0.2) is 15.0 Å². The molecular formula is C15H11ClN4O. The molecule has 0 amide bonds. The molecule has 2 aromatic rings. The third kappa shape index (κ3) is 1.86. The summed E-state index contributed by atoms with van der Waals surface area (Å²) < 4.78 is 0. The maximum Gasteiger partial charge on any atom is 0.258 e. The van der Waals surface area contributed by atoms with Gasteiger partial charge in [0.05, 0.1) is 27.8 Å². The van der Waals surface area contributed by atoms with Crippen molar-refractivity contribution in [2.45, 2.75) is 6.92 Å². The summed E-state index contributed by atoms with van der Waals surface area (Å²) in [5.41, 5.74) is 2.16. The lowest BCUT2D eigenvalue weighted by atomic mass is 10.1. The van der Waals surface area contributed by atoms with E-state index in [9.17, 15) is 4.79 Å². The van der Waals surface area contributed by atoms with Crippen LogP contribution in [0, 0.1) is 17.4 Å². The first kappa shape index (κ1) is 13.5. The largest absolute Gasteiger partial charge is 0.320 e. The van der Waals surface area contributed by atoms with Gasteiger partial charge in [-0.2, -0.15) is 0 Å². The average Bonchev–Trinajstić information content (AvgIpc) is 3.09. The molecule has 0 bridgehead atoms. The molecule has 0 saturated carbocycles. The van der Waals surface area contributed by atoms with Crippen LogP contribution in [0.2, 0.25) is 0 Å². The van der Waals surface area contributed by atoms with Gasteiger partial charge >= 0.3 is 0 Å². The summed E-state index contributed by atoms with van der Waals surface area (Å²) in [6.45, 7) is 1.94. The van der Waals surface area contributed by atoms with Crippen LogP contribution in [0.3, 0.4) is 0 Å². The van der Waals surface area contributed by atoms with E-state index in [1.807, 2.05) is 31.2 Å². The number of aromatic nitrogens is 1. The zero-order chi connectivity index (χ0) is 13.7.